The molecule has 0 bridgehead atoms. The van der Waals surface area contributed by atoms with Crippen molar-refractivity contribution in [2.45, 2.75) is 46.3 Å². The van der Waals surface area contributed by atoms with Gasteiger partial charge < -0.3 is 19.7 Å². The van der Waals surface area contributed by atoms with Gasteiger partial charge in [-0.2, -0.15) is 5.10 Å². The van der Waals surface area contributed by atoms with E-state index >= 15 is 0 Å². The summed E-state index contributed by atoms with van der Waals surface area (Å²) in [5.41, 5.74) is 5.01. The van der Waals surface area contributed by atoms with Crippen LogP contribution < -0.4 is 5.32 Å². The Bertz CT molecular complexity index is 1340. The molecule has 1 amide bonds. The van der Waals surface area contributed by atoms with Gasteiger partial charge in [0.25, 0.3) is 0 Å². The number of hydrogen-bond acceptors (Lipinski definition) is 5. The first-order valence-corrected chi connectivity index (χ1v) is 22.6. The first-order chi connectivity index (χ1) is 21.7. The molecule has 2 fully saturated rings. The van der Waals surface area contributed by atoms with E-state index in [9.17, 15) is 4.79 Å². The lowest BCUT2D eigenvalue weighted by molar-refractivity contribution is -0.120. The van der Waals surface area contributed by atoms with E-state index in [4.69, 9.17) is 19.6 Å². The van der Waals surface area contributed by atoms with Crippen molar-refractivity contribution in [3.63, 3.8) is 0 Å². The Kier molecular flexibility index (Phi) is 12.5. The monoisotopic (exact) mass is 673 g/mol. The van der Waals surface area contributed by atoms with Gasteiger partial charge >= 0.3 is 0 Å². The number of amides is 1. The Labute approximate surface area is 281 Å². The summed E-state index contributed by atoms with van der Waals surface area (Å²) >= 11 is 0. The number of amidine groups is 1. The number of carbonyl (C=O) groups is 1. The van der Waals surface area contributed by atoms with Gasteiger partial charge in [-0.25, -0.2) is 24.7 Å². The molecule has 2 aliphatic carbocycles. The molecule has 1 unspecified atom stereocenters. The van der Waals surface area contributed by atoms with Crippen LogP contribution in [0.5, 0.6) is 0 Å². The summed E-state index contributed by atoms with van der Waals surface area (Å²) < 4.78 is 14.0. The molecule has 4 rings (SSSR count). The van der Waals surface area contributed by atoms with Crippen LogP contribution in [0.25, 0.3) is 11.1 Å². The molecule has 8 nitrogen and oxygen atoms in total. The van der Waals surface area contributed by atoms with E-state index in [2.05, 4.69) is 68.5 Å². The van der Waals surface area contributed by atoms with Crippen molar-refractivity contribution >= 4 is 37.5 Å². The largest absolute Gasteiger partial charge is 0.360 e. The summed E-state index contributed by atoms with van der Waals surface area (Å²) in [5, 5.41) is 8.04. The molecule has 10 heteroatoms. The lowest BCUT2D eigenvalue weighted by Gasteiger charge is -2.33. The lowest BCUT2D eigenvalue weighted by Crippen LogP contribution is -2.45. The second-order valence-corrected chi connectivity index (χ2v) is 23.9. The van der Waals surface area contributed by atoms with Crippen LogP contribution in [0.1, 0.15) is 37.1 Å². The summed E-state index contributed by atoms with van der Waals surface area (Å²) in [6, 6.07) is 8.15. The van der Waals surface area contributed by atoms with Gasteiger partial charge in [-0.05, 0) is 113 Å². The van der Waals surface area contributed by atoms with Gasteiger partial charge in [-0.1, -0.05) is 18.7 Å². The maximum Gasteiger partial charge on any atom is 0.235 e. The summed E-state index contributed by atoms with van der Waals surface area (Å²) in [4.78, 5) is 20.9. The molecule has 1 atom stereocenters. The molecule has 0 spiro atoms. The zero-order chi connectivity index (χ0) is 33.6. The maximum absolute atomic E-state index is 14.2. The average molecular weight is 674 g/mol. The van der Waals surface area contributed by atoms with Crippen molar-refractivity contribution in [2.75, 3.05) is 81.3 Å². The number of nitrogens with one attached hydrogen (secondary N) is 1. The number of aliphatic imine (C=N–C) groups is 1. The van der Waals surface area contributed by atoms with Crippen molar-refractivity contribution in [1.29, 1.82) is 0 Å². The molecule has 1 aromatic carbocycles. The number of anilines is 1. The third kappa shape index (κ3) is 10.4. The summed E-state index contributed by atoms with van der Waals surface area (Å²) in [6.07, 6.45) is 20.3. The van der Waals surface area contributed by atoms with E-state index in [1.165, 1.54) is 25.7 Å². The maximum atomic E-state index is 14.2. The highest BCUT2D eigenvalue weighted by Gasteiger charge is 2.50. The highest BCUT2D eigenvalue weighted by Crippen LogP contribution is 2.53. The van der Waals surface area contributed by atoms with Crippen LogP contribution in [-0.4, -0.2) is 102 Å². The molecule has 1 N–H and O–H groups in total. The van der Waals surface area contributed by atoms with Gasteiger partial charge in [0.15, 0.2) is 0 Å². The molecular weight excluding hydrogens is 615 g/mol. The van der Waals surface area contributed by atoms with Crippen molar-refractivity contribution in [3.05, 3.63) is 48.4 Å². The average Bonchev–Trinajstić information content (AvgIpc) is 3.91. The van der Waals surface area contributed by atoms with Crippen molar-refractivity contribution in [2.24, 2.45) is 28.7 Å². The number of nitrogens with zero attached hydrogens (tertiary/aromatic N) is 4. The molecule has 258 valence electrons. The first kappa shape index (κ1) is 36.6. The standard InChI is InChI=1S/C36H59N5O3S2/c1-11-40(24-43-20-22-45(5,6)7)35(37-4)34(33(29-12-13-29)30-14-15-30)36(42)38-31-18-16-28(17-19-31)32-26(2)39-41(27(32)3)25-44-21-23-46(8,9)10/h11,16-19,29-30,33-34H,1,12-15,20-25H2,2-10H3,(H,38,42). The van der Waals surface area contributed by atoms with Crippen LogP contribution in [0.2, 0.25) is 0 Å². The predicted octanol–water partition coefficient (Wildman–Crippen LogP) is 6.97. The molecular formula is C36H59N5O3S2. The molecule has 2 aromatic rings. The predicted molar refractivity (Wildman–Crippen MR) is 201 cm³/mol. The number of hydrogen-bond donors (Lipinski definition) is 1. The minimum Gasteiger partial charge on any atom is -0.360 e. The number of aromatic nitrogens is 2. The van der Waals surface area contributed by atoms with Crippen molar-refractivity contribution in [3.8, 4) is 11.1 Å². The quantitative estimate of drug-likeness (QED) is 0.0801. The lowest BCUT2D eigenvalue weighted by atomic mass is 9.81. The SMILES string of the molecule is C=CN(COCCS(C)(C)C)C(=NC)C(C(=O)Nc1ccc(-c2c(C)nn(COCCS(C)(C)C)c2C)cc1)C(C1CC1)C1CC1. The number of benzene rings is 1. The molecule has 0 saturated heterocycles. The highest BCUT2D eigenvalue weighted by molar-refractivity contribution is 8.32. The molecule has 2 aliphatic rings. The Balaban J connectivity index is 1.48. The topological polar surface area (TPSA) is 81.0 Å². The number of rotatable bonds is 18. The van der Waals surface area contributed by atoms with E-state index in [1.54, 1.807) is 13.2 Å². The van der Waals surface area contributed by atoms with Crippen LogP contribution in [-0.2, 0) is 21.0 Å². The fraction of sp³-hybridized carbons (Fsp3) is 0.639. The minimum atomic E-state index is -0.646. The normalized spacial score (nSPS) is 17.2. The van der Waals surface area contributed by atoms with Gasteiger partial charge in [0.05, 0.1) is 24.8 Å². The zero-order valence-corrected chi connectivity index (χ0v) is 31.4. The molecule has 1 aromatic heterocycles. The molecule has 0 aliphatic heterocycles. The van der Waals surface area contributed by atoms with E-state index in [0.717, 1.165) is 52.2 Å². The van der Waals surface area contributed by atoms with Crippen LogP contribution in [0, 0.1) is 37.5 Å². The van der Waals surface area contributed by atoms with Gasteiger partial charge in [0, 0.05) is 41.7 Å². The van der Waals surface area contributed by atoms with Gasteiger partial charge in [-0.15, -0.1) is 0 Å². The minimum absolute atomic E-state index is 0.00226. The Morgan fingerprint density at radius 2 is 1.59 bits per heavy atom. The second kappa shape index (κ2) is 15.8. The van der Waals surface area contributed by atoms with Crippen molar-refractivity contribution in [1.82, 2.24) is 14.7 Å². The Morgan fingerprint density at radius 1 is 1.02 bits per heavy atom. The number of carbonyl (C=O) groups excluding carboxylic acids is 1. The highest BCUT2D eigenvalue weighted by atomic mass is 32.3. The Hall–Kier alpha value is -2.27. The summed E-state index contributed by atoms with van der Waals surface area (Å²) in [6.45, 7) is 10.4. The number of aryl methyl sites for hydroxylation is 1. The van der Waals surface area contributed by atoms with E-state index in [-0.39, 0.29) is 17.7 Å². The fourth-order valence-corrected chi connectivity index (χ4v) is 7.36. The third-order valence-corrected chi connectivity index (χ3v) is 11.8. The van der Waals surface area contributed by atoms with Crippen LogP contribution >= 0.6 is 20.1 Å². The van der Waals surface area contributed by atoms with E-state index in [0.29, 0.717) is 31.9 Å². The zero-order valence-electron chi connectivity index (χ0n) is 29.8. The van der Waals surface area contributed by atoms with Gasteiger partial charge in [0.1, 0.15) is 19.3 Å². The third-order valence-electron chi connectivity index (χ3n) is 8.97. The van der Waals surface area contributed by atoms with Gasteiger partial charge in [-0.3, -0.25) is 9.79 Å². The van der Waals surface area contributed by atoms with E-state index < -0.39 is 20.1 Å². The molecule has 46 heavy (non-hydrogen) atoms. The smallest absolute Gasteiger partial charge is 0.235 e. The second-order valence-electron chi connectivity index (χ2n) is 14.7. The fourth-order valence-electron chi connectivity index (χ4n) is 6.13. The van der Waals surface area contributed by atoms with Crippen LogP contribution in [0.4, 0.5) is 5.69 Å². The molecule has 0 radical (unpaired) electrons. The Morgan fingerprint density at radius 3 is 2.09 bits per heavy atom. The van der Waals surface area contributed by atoms with Crippen LogP contribution in [0.15, 0.2) is 42.0 Å². The molecule has 2 saturated carbocycles. The number of ether oxygens (including phenoxy) is 2. The molecule has 1 heterocycles. The van der Waals surface area contributed by atoms with Gasteiger partial charge in [0.2, 0.25) is 5.91 Å². The van der Waals surface area contributed by atoms with E-state index in [1.807, 2.05) is 28.6 Å². The van der Waals surface area contributed by atoms with Crippen molar-refractivity contribution < 1.29 is 14.3 Å². The summed E-state index contributed by atoms with van der Waals surface area (Å²) in [7, 11) is 0.559. The van der Waals surface area contributed by atoms with Crippen LogP contribution in [0.3, 0.4) is 0 Å². The first-order valence-electron chi connectivity index (χ1n) is 16.5. The summed E-state index contributed by atoms with van der Waals surface area (Å²) in [5.74, 6) is 3.93.